The molecule has 2 atom stereocenters. The van der Waals surface area contributed by atoms with Crippen molar-refractivity contribution in [1.82, 2.24) is 5.32 Å². The second-order valence-electron chi connectivity index (χ2n) is 5.18. The van der Waals surface area contributed by atoms with E-state index in [-0.39, 0.29) is 12.6 Å². The number of hydrogen-bond acceptors (Lipinski definition) is 3. The van der Waals surface area contributed by atoms with E-state index in [1.165, 1.54) is 0 Å². The highest BCUT2D eigenvalue weighted by molar-refractivity contribution is 7.85. The van der Waals surface area contributed by atoms with Crippen LogP contribution in [0.1, 0.15) is 19.8 Å². The van der Waals surface area contributed by atoms with Crippen LogP contribution in [-0.2, 0) is 10.8 Å². The van der Waals surface area contributed by atoms with Gasteiger partial charge in [-0.2, -0.15) is 0 Å². The number of fused-ring (bicyclic) bond motifs is 1. The molecule has 2 rings (SSSR count). The Kier molecular flexibility index (Phi) is 6.36. The molecule has 0 aliphatic rings. The zero-order valence-electron chi connectivity index (χ0n) is 12.4. The van der Waals surface area contributed by atoms with Crippen molar-refractivity contribution >= 4 is 21.6 Å². The molecule has 0 amide bonds. The maximum atomic E-state index is 12.5. The van der Waals surface area contributed by atoms with Gasteiger partial charge in [-0.15, -0.1) is 0 Å². The van der Waals surface area contributed by atoms with Crippen LogP contribution in [-0.4, -0.2) is 34.3 Å². The van der Waals surface area contributed by atoms with Gasteiger partial charge < -0.3 is 10.4 Å². The molecule has 0 saturated heterocycles. The Morgan fingerprint density at radius 2 is 1.95 bits per heavy atom. The predicted octanol–water partition coefficient (Wildman–Crippen LogP) is 2.70. The Bertz CT molecular complexity index is 600. The Labute approximate surface area is 128 Å². The summed E-state index contributed by atoms with van der Waals surface area (Å²) in [5.74, 6) is 0.541. The number of aliphatic hydroxyl groups is 1. The van der Waals surface area contributed by atoms with E-state index in [2.05, 4.69) is 18.3 Å². The molecule has 0 aliphatic heterocycles. The summed E-state index contributed by atoms with van der Waals surface area (Å²) in [6.07, 6.45) is 1.67. The van der Waals surface area contributed by atoms with Gasteiger partial charge in [0.25, 0.3) is 0 Å². The number of hydrogen-bond donors (Lipinski definition) is 2. The molecule has 21 heavy (non-hydrogen) atoms. The molecule has 0 fully saturated rings. The first kappa shape index (κ1) is 16.1. The molecule has 0 heterocycles. The van der Waals surface area contributed by atoms with Crippen molar-refractivity contribution < 1.29 is 9.32 Å². The molecule has 2 aromatic carbocycles. The second-order valence-corrected chi connectivity index (χ2v) is 6.68. The molecule has 2 aromatic rings. The zero-order valence-corrected chi connectivity index (χ0v) is 13.2. The van der Waals surface area contributed by atoms with Gasteiger partial charge in [-0.3, -0.25) is 4.21 Å². The van der Waals surface area contributed by atoms with Gasteiger partial charge in [0, 0.05) is 23.3 Å². The van der Waals surface area contributed by atoms with Gasteiger partial charge in [0.2, 0.25) is 0 Å². The average molecular weight is 305 g/mol. The summed E-state index contributed by atoms with van der Waals surface area (Å²) in [6.45, 7) is 3.11. The molecular formula is C17H23NO2S. The lowest BCUT2D eigenvalue weighted by Gasteiger charge is -2.17. The van der Waals surface area contributed by atoms with E-state index in [1.54, 1.807) is 0 Å². The summed E-state index contributed by atoms with van der Waals surface area (Å²) >= 11 is 0. The predicted molar refractivity (Wildman–Crippen MR) is 89.0 cm³/mol. The maximum absolute atomic E-state index is 12.5. The van der Waals surface area contributed by atoms with E-state index in [0.29, 0.717) is 12.2 Å². The normalized spacial score (nSPS) is 14.2. The topological polar surface area (TPSA) is 49.3 Å². The van der Waals surface area contributed by atoms with Gasteiger partial charge in [-0.05, 0) is 42.3 Å². The second kappa shape index (κ2) is 8.27. The minimum atomic E-state index is -1.05. The fourth-order valence-electron chi connectivity index (χ4n) is 2.34. The van der Waals surface area contributed by atoms with Crippen molar-refractivity contribution in [3.8, 4) is 0 Å². The van der Waals surface area contributed by atoms with Crippen LogP contribution in [0.4, 0.5) is 0 Å². The number of rotatable bonds is 8. The lowest BCUT2D eigenvalue weighted by molar-refractivity contribution is 0.270. The third kappa shape index (κ3) is 4.63. The molecule has 3 nitrogen and oxygen atoms in total. The number of aliphatic hydroxyl groups excluding tert-OH is 1. The van der Waals surface area contributed by atoms with Crippen molar-refractivity contribution in [1.29, 1.82) is 0 Å². The average Bonchev–Trinajstić information content (AvgIpc) is 2.52. The van der Waals surface area contributed by atoms with Crippen LogP contribution in [0.15, 0.2) is 47.4 Å². The molecule has 0 aromatic heterocycles. The van der Waals surface area contributed by atoms with E-state index in [0.717, 1.165) is 28.6 Å². The molecule has 114 valence electrons. The largest absolute Gasteiger partial charge is 0.396 e. The molecule has 0 bridgehead atoms. The third-order valence-corrected chi connectivity index (χ3v) is 4.98. The lowest BCUT2D eigenvalue weighted by atomic mass is 10.1. The van der Waals surface area contributed by atoms with Crippen molar-refractivity contribution in [3.63, 3.8) is 0 Å². The minimum Gasteiger partial charge on any atom is -0.396 e. The van der Waals surface area contributed by atoms with E-state index in [4.69, 9.17) is 5.11 Å². The highest BCUT2D eigenvalue weighted by Gasteiger charge is 2.13. The van der Waals surface area contributed by atoms with Crippen LogP contribution in [0.5, 0.6) is 0 Å². The summed E-state index contributed by atoms with van der Waals surface area (Å²) in [6, 6.07) is 14.1. The van der Waals surface area contributed by atoms with E-state index >= 15 is 0 Å². The molecule has 0 aliphatic carbocycles. The molecular weight excluding hydrogens is 282 g/mol. The quantitative estimate of drug-likeness (QED) is 0.788. The molecule has 0 radical (unpaired) electrons. The summed E-state index contributed by atoms with van der Waals surface area (Å²) in [7, 11) is -1.05. The smallest absolute Gasteiger partial charge is 0.0545 e. The molecule has 2 N–H and O–H groups in total. The molecule has 4 heteroatoms. The van der Waals surface area contributed by atoms with E-state index < -0.39 is 10.8 Å². The summed E-state index contributed by atoms with van der Waals surface area (Å²) < 4.78 is 12.5. The first-order chi connectivity index (χ1) is 10.2. The van der Waals surface area contributed by atoms with E-state index in [9.17, 15) is 4.21 Å². The Morgan fingerprint density at radius 1 is 1.19 bits per heavy atom. The van der Waals surface area contributed by atoms with Crippen molar-refractivity contribution in [2.45, 2.75) is 30.7 Å². The minimum absolute atomic E-state index is 0.0993. The third-order valence-electron chi connectivity index (χ3n) is 3.50. The van der Waals surface area contributed by atoms with E-state index in [1.807, 2.05) is 36.4 Å². The zero-order chi connectivity index (χ0) is 15.1. The highest BCUT2D eigenvalue weighted by Crippen LogP contribution is 2.18. The Hall–Kier alpha value is -1.23. The van der Waals surface area contributed by atoms with Crippen molar-refractivity contribution in [3.05, 3.63) is 42.5 Å². The molecule has 0 spiro atoms. The molecule has 0 saturated carbocycles. The van der Waals surface area contributed by atoms with Crippen LogP contribution in [0.3, 0.4) is 0 Å². The Balaban J connectivity index is 2.09. The van der Waals surface area contributed by atoms with Gasteiger partial charge >= 0.3 is 0 Å². The van der Waals surface area contributed by atoms with Gasteiger partial charge in [0.1, 0.15) is 0 Å². The van der Waals surface area contributed by atoms with Crippen LogP contribution in [0, 0.1) is 0 Å². The summed E-state index contributed by atoms with van der Waals surface area (Å²) in [4.78, 5) is 0.856. The monoisotopic (exact) mass is 305 g/mol. The van der Waals surface area contributed by atoms with Crippen LogP contribution in [0.2, 0.25) is 0 Å². The standard InChI is InChI=1S/C17H23NO2S/c1-2-10-18-16(9-11-19)13-21(20)17-8-7-14-5-3-4-6-15(14)12-17/h3-8,12,16,18-19H,2,9-11,13H2,1H3. The molecule has 2 unspecified atom stereocenters. The lowest BCUT2D eigenvalue weighted by Crippen LogP contribution is -2.35. The van der Waals surface area contributed by atoms with Crippen LogP contribution in [0.25, 0.3) is 10.8 Å². The van der Waals surface area contributed by atoms with Crippen molar-refractivity contribution in [2.75, 3.05) is 18.9 Å². The number of nitrogens with one attached hydrogen (secondary N) is 1. The van der Waals surface area contributed by atoms with Crippen LogP contribution >= 0.6 is 0 Å². The SMILES string of the molecule is CCCNC(CCO)CS(=O)c1ccc2ccccc2c1. The summed E-state index contributed by atoms with van der Waals surface area (Å²) in [5.41, 5.74) is 0. The summed E-state index contributed by atoms with van der Waals surface area (Å²) in [5, 5.41) is 14.8. The van der Waals surface area contributed by atoms with Gasteiger partial charge in [-0.1, -0.05) is 37.3 Å². The first-order valence-electron chi connectivity index (χ1n) is 7.46. The Morgan fingerprint density at radius 3 is 2.67 bits per heavy atom. The first-order valence-corrected chi connectivity index (χ1v) is 8.78. The number of benzene rings is 2. The highest BCUT2D eigenvalue weighted by atomic mass is 32.2. The van der Waals surface area contributed by atoms with Crippen molar-refractivity contribution in [2.24, 2.45) is 0 Å². The van der Waals surface area contributed by atoms with Gasteiger partial charge in [0.05, 0.1) is 10.8 Å². The fraction of sp³-hybridized carbons (Fsp3) is 0.412. The van der Waals surface area contributed by atoms with Gasteiger partial charge in [0.15, 0.2) is 0 Å². The van der Waals surface area contributed by atoms with Crippen LogP contribution < -0.4 is 5.32 Å². The van der Waals surface area contributed by atoms with Gasteiger partial charge in [-0.25, -0.2) is 0 Å². The maximum Gasteiger partial charge on any atom is 0.0545 e. The fourth-order valence-corrected chi connectivity index (χ4v) is 3.66.